The zero-order chi connectivity index (χ0) is 14.3. The first-order valence-electron chi connectivity index (χ1n) is 5.65. The van der Waals surface area contributed by atoms with Crippen molar-refractivity contribution in [3.05, 3.63) is 42.0 Å². The van der Waals surface area contributed by atoms with E-state index in [4.69, 9.17) is 17.0 Å². The van der Waals surface area contributed by atoms with E-state index in [1.165, 1.54) is 0 Å². The van der Waals surface area contributed by atoms with Gasteiger partial charge >= 0.3 is 0 Å². The third-order valence-electron chi connectivity index (χ3n) is 2.19. The molecule has 1 aromatic carbocycles. The lowest BCUT2D eigenvalue weighted by atomic mass is 10.2. The van der Waals surface area contributed by atoms with Crippen molar-refractivity contribution in [3.8, 4) is 5.75 Å². The highest BCUT2D eigenvalue weighted by Gasteiger charge is 2.05. The number of ether oxygens (including phenoxy) is 1. The van der Waals surface area contributed by atoms with Crippen molar-refractivity contribution in [2.45, 2.75) is 6.92 Å². The first kappa shape index (κ1) is 15.0. The van der Waals surface area contributed by atoms with Gasteiger partial charge in [-0.3, -0.25) is 15.6 Å². The van der Waals surface area contributed by atoms with E-state index in [2.05, 4.69) is 22.7 Å². The van der Waals surface area contributed by atoms with Crippen LogP contribution in [-0.4, -0.2) is 24.7 Å². The molecule has 0 bridgehead atoms. The Kier molecular flexibility index (Phi) is 5.81. The number of hydrogen-bond acceptors (Lipinski definition) is 3. The molecule has 0 saturated heterocycles. The molecule has 0 spiro atoms. The van der Waals surface area contributed by atoms with Gasteiger partial charge in [0.2, 0.25) is 0 Å². The Hall–Kier alpha value is -2.08. The number of benzene rings is 1. The molecule has 0 atom stereocenters. The van der Waals surface area contributed by atoms with Gasteiger partial charge in [-0.2, -0.15) is 0 Å². The zero-order valence-corrected chi connectivity index (χ0v) is 11.8. The zero-order valence-electron chi connectivity index (χ0n) is 10.9. The van der Waals surface area contributed by atoms with Crippen LogP contribution in [0.4, 0.5) is 0 Å². The van der Waals surface area contributed by atoms with E-state index in [1.807, 2.05) is 6.92 Å². The van der Waals surface area contributed by atoms with Gasteiger partial charge in [-0.15, -0.1) is 0 Å². The molecule has 0 saturated carbocycles. The molecule has 0 unspecified atom stereocenters. The molecule has 0 aliphatic heterocycles. The molecule has 0 heterocycles. The van der Waals surface area contributed by atoms with E-state index < -0.39 is 0 Å². The maximum Gasteiger partial charge on any atom is 0.269 e. The van der Waals surface area contributed by atoms with Gasteiger partial charge in [-0.1, -0.05) is 12.2 Å². The van der Waals surface area contributed by atoms with Gasteiger partial charge in [0.15, 0.2) is 5.11 Å². The van der Waals surface area contributed by atoms with Crippen molar-refractivity contribution >= 4 is 23.2 Å². The Bertz CT molecular complexity index is 471. The van der Waals surface area contributed by atoms with Gasteiger partial charge in [0.25, 0.3) is 5.91 Å². The minimum atomic E-state index is -0.276. The van der Waals surface area contributed by atoms with Crippen LogP contribution >= 0.6 is 12.2 Å². The lowest BCUT2D eigenvalue weighted by molar-refractivity contribution is 0.0943. The summed E-state index contributed by atoms with van der Waals surface area (Å²) in [5.74, 6) is 0.422. The van der Waals surface area contributed by atoms with Gasteiger partial charge in [-0.25, -0.2) is 0 Å². The maximum atomic E-state index is 11.8. The van der Waals surface area contributed by atoms with Gasteiger partial charge in [-0.05, 0) is 43.4 Å². The van der Waals surface area contributed by atoms with Crippen LogP contribution in [0.1, 0.15) is 17.3 Å². The van der Waals surface area contributed by atoms with E-state index in [1.54, 1.807) is 31.4 Å². The first-order valence-corrected chi connectivity index (χ1v) is 6.06. The Labute approximate surface area is 118 Å². The standard InChI is InChI=1S/C13H17N3O2S/c1-9(2)8-14-13(19)16-15-12(17)10-4-6-11(18-3)7-5-10/h4-7H,1,8H2,2-3H3,(H,15,17)(H2,14,16,19). The highest BCUT2D eigenvalue weighted by atomic mass is 32.1. The Morgan fingerprint density at radius 3 is 2.47 bits per heavy atom. The summed E-state index contributed by atoms with van der Waals surface area (Å²) in [6.07, 6.45) is 0. The third-order valence-corrected chi connectivity index (χ3v) is 2.44. The largest absolute Gasteiger partial charge is 0.497 e. The minimum absolute atomic E-state index is 0.276. The second kappa shape index (κ2) is 7.38. The van der Waals surface area contributed by atoms with Crippen LogP contribution in [0.5, 0.6) is 5.75 Å². The Balaban J connectivity index is 2.42. The maximum absolute atomic E-state index is 11.8. The second-order valence-corrected chi connectivity index (χ2v) is 4.36. The molecule has 5 nitrogen and oxygen atoms in total. The molecule has 3 N–H and O–H groups in total. The number of amides is 1. The summed E-state index contributed by atoms with van der Waals surface area (Å²) in [6, 6.07) is 6.76. The monoisotopic (exact) mass is 279 g/mol. The highest BCUT2D eigenvalue weighted by Crippen LogP contribution is 2.10. The summed E-state index contributed by atoms with van der Waals surface area (Å²) in [6.45, 7) is 6.18. The molecule has 0 aliphatic rings. The first-order chi connectivity index (χ1) is 9.02. The Morgan fingerprint density at radius 1 is 1.32 bits per heavy atom. The minimum Gasteiger partial charge on any atom is -0.497 e. The molecule has 6 heteroatoms. The van der Waals surface area contributed by atoms with Crippen molar-refractivity contribution in [3.63, 3.8) is 0 Å². The molecule has 19 heavy (non-hydrogen) atoms. The van der Waals surface area contributed by atoms with E-state index in [0.717, 1.165) is 5.57 Å². The highest BCUT2D eigenvalue weighted by molar-refractivity contribution is 7.80. The Morgan fingerprint density at radius 2 is 1.95 bits per heavy atom. The van der Waals surface area contributed by atoms with E-state index >= 15 is 0 Å². The molecule has 1 rings (SSSR count). The average Bonchev–Trinajstić information content (AvgIpc) is 2.42. The van der Waals surface area contributed by atoms with Crippen LogP contribution in [0.25, 0.3) is 0 Å². The number of hydrazine groups is 1. The molecule has 1 aromatic rings. The van der Waals surface area contributed by atoms with Crippen molar-refractivity contribution in [1.29, 1.82) is 0 Å². The molecular formula is C13H17N3O2S. The van der Waals surface area contributed by atoms with Crippen molar-refractivity contribution < 1.29 is 9.53 Å². The summed E-state index contributed by atoms with van der Waals surface area (Å²) in [5, 5.41) is 3.23. The number of hydrogen-bond donors (Lipinski definition) is 3. The fourth-order valence-electron chi connectivity index (χ4n) is 1.20. The second-order valence-electron chi connectivity index (χ2n) is 3.95. The number of rotatable bonds is 4. The molecule has 0 aliphatic carbocycles. The van der Waals surface area contributed by atoms with Gasteiger partial charge in [0.1, 0.15) is 5.75 Å². The molecule has 0 aromatic heterocycles. The summed E-state index contributed by atoms with van der Waals surface area (Å²) in [5.41, 5.74) is 6.57. The number of methoxy groups -OCH3 is 1. The topological polar surface area (TPSA) is 62.4 Å². The fourth-order valence-corrected chi connectivity index (χ4v) is 1.33. The quantitative estimate of drug-likeness (QED) is 0.441. The molecule has 0 radical (unpaired) electrons. The van der Waals surface area contributed by atoms with Crippen LogP contribution in [0.3, 0.4) is 0 Å². The summed E-state index contributed by atoms with van der Waals surface area (Å²) < 4.78 is 5.02. The van der Waals surface area contributed by atoms with E-state index in [9.17, 15) is 4.79 Å². The number of carbonyl (C=O) groups excluding carboxylic acids is 1. The van der Waals surface area contributed by atoms with Crippen molar-refractivity contribution in [2.75, 3.05) is 13.7 Å². The lowest BCUT2D eigenvalue weighted by Gasteiger charge is -2.11. The predicted molar refractivity (Wildman–Crippen MR) is 79.0 cm³/mol. The van der Waals surface area contributed by atoms with Crippen molar-refractivity contribution in [1.82, 2.24) is 16.2 Å². The van der Waals surface area contributed by atoms with Crippen LogP contribution in [0, 0.1) is 0 Å². The molecule has 1 amide bonds. The van der Waals surface area contributed by atoms with Gasteiger partial charge in [0, 0.05) is 12.1 Å². The van der Waals surface area contributed by atoms with E-state index in [-0.39, 0.29) is 5.91 Å². The van der Waals surface area contributed by atoms with Crippen molar-refractivity contribution in [2.24, 2.45) is 0 Å². The number of nitrogens with one attached hydrogen (secondary N) is 3. The fraction of sp³-hybridized carbons (Fsp3) is 0.231. The summed E-state index contributed by atoms with van der Waals surface area (Å²) >= 11 is 4.98. The number of carbonyl (C=O) groups is 1. The van der Waals surface area contributed by atoms with Crippen LogP contribution in [0.15, 0.2) is 36.4 Å². The van der Waals surface area contributed by atoms with Gasteiger partial charge in [0.05, 0.1) is 7.11 Å². The van der Waals surface area contributed by atoms with Crippen LogP contribution < -0.4 is 20.9 Å². The number of thiocarbonyl (C=S) groups is 1. The van der Waals surface area contributed by atoms with E-state index in [0.29, 0.717) is 23.0 Å². The predicted octanol–water partition coefficient (Wildman–Crippen LogP) is 1.38. The molecular weight excluding hydrogens is 262 g/mol. The molecule has 102 valence electrons. The van der Waals surface area contributed by atoms with Crippen LogP contribution in [0.2, 0.25) is 0 Å². The summed E-state index contributed by atoms with van der Waals surface area (Å²) in [7, 11) is 1.57. The lowest BCUT2D eigenvalue weighted by Crippen LogP contribution is -2.47. The average molecular weight is 279 g/mol. The summed E-state index contributed by atoms with van der Waals surface area (Å²) in [4.78, 5) is 11.8. The van der Waals surface area contributed by atoms with Crippen LogP contribution in [-0.2, 0) is 0 Å². The third kappa shape index (κ3) is 5.39. The SMILES string of the molecule is C=C(C)CNC(=S)NNC(=O)c1ccc(OC)cc1. The normalized spacial score (nSPS) is 9.37. The smallest absolute Gasteiger partial charge is 0.269 e. The molecule has 0 fully saturated rings. The van der Waals surface area contributed by atoms with Gasteiger partial charge < -0.3 is 10.1 Å².